The summed E-state index contributed by atoms with van der Waals surface area (Å²) in [7, 11) is 0. The van der Waals surface area contributed by atoms with E-state index >= 15 is 0 Å². The molecule has 10 heavy (non-hydrogen) atoms. The summed E-state index contributed by atoms with van der Waals surface area (Å²) in [6, 6.07) is 0. The van der Waals surface area contributed by atoms with Gasteiger partial charge in [-0.05, 0) is 12.8 Å². The Morgan fingerprint density at radius 3 is 2.90 bits per heavy atom. The molecule has 0 aromatic rings. The summed E-state index contributed by atoms with van der Waals surface area (Å²) in [5, 5.41) is 0. The molecule has 0 atom stereocenters. The van der Waals surface area contributed by atoms with Gasteiger partial charge in [0, 0.05) is 12.8 Å². The first-order valence-electron chi connectivity index (χ1n) is 3.63. The van der Waals surface area contributed by atoms with Gasteiger partial charge in [0.2, 0.25) is 0 Å². The van der Waals surface area contributed by atoms with Crippen LogP contribution in [0.5, 0.6) is 0 Å². The van der Waals surface area contributed by atoms with Crippen LogP contribution in [0.1, 0.15) is 25.7 Å². The molecular formula is C9H12O. The summed E-state index contributed by atoms with van der Waals surface area (Å²) in [6.45, 7) is 3.65. The highest BCUT2D eigenvalue weighted by atomic mass is 16.1. The lowest BCUT2D eigenvalue weighted by atomic mass is 9.96. The fraction of sp³-hybridized carbons (Fsp3) is 0.444. The van der Waals surface area contributed by atoms with E-state index in [1.165, 1.54) is 5.57 Å². The van der Waals surface area contributed by atoms with E-state index in [2.05, 4.69) is 6.58 Å². The fourth-order valence-electron chi connectivity index (χ4n) is 1.13. The third-order valence-electron chi connectivity index (χ3n) is 1.75. The number of carbonyl (C=O) groups excluding carboxylic acids is 1. The van der Waals surface area contributed by atoms with Crippen molar-refractivity contribution >= 4 is 5.78 Å². The zero-order valence-electron chi connectivity index (χ0n) is 6.10. The monoisotopic (exact) mass is 136 g/mol. The van der Waals surface area contributed by atoms with Gasteiger partial charge in [0.15, 0.2) is 0 Å². The van der Waals surface area contributed by atoms with Gasteiger partial charge in [0.05, 0.1) is 0 Å². The summed E-state index contributed by atoms with van der Waals surface area (Å²) >= 11 is 0. The quantitative estimate of drug-likeness (QED) is 0.532. The minimum Gasteiger partial charge on any atom is -0.299 e. The maximum atomic E-state index is 10.7. The van der Waals surface area contributed by atoms with Crippen molar-refractivity contribution in [1.29, 1.82) is 0 Å². The normalized spacial score (nSPS) is 18.4. The van der Waals surface area contributed by atoms with Gasteiger partial charge in [-0.15, -0.1) is 6.58 Å². The third-order valence-corrected chi connectivity index (χ3v) is 1.75. The van der Waals surface area contributed by atoms with Gasteiger partial charge in [0.1, 0.15) is 5.78 Å². The highest BCUT2D eigenvalue weighted by molar-refractivity contribution is 5.81. The van der Waals surface area contributed by atoms with Gasteiger partial charge in [-0.25, -0.2) is 0 Å². The zero-order valence-corrected chi connectivity index (χ0v) is 6.10. The van der Waals surface area contributed by atoms with Crippen LogP contribution in [0.3, 0.4) is 0 Å². The molecule has 1 aliphatic rings. The highest BCUT2D eigenvalue weighted by Gasteiger charge is 2.07. The Morgan fingerprint density at radius 1 is 1.60 bits per heavy atom. The summed E-state index contributed by atoms with van der Waals surface area (Å²) in [4.78, 5) is 10.7. The van der Waals surface area contributed by atoms with E-state index in [4.69, 9.17) is 0 Å². The second-order valence-corrected chi connectivity index (χ2v) is 2.60. The molecule has 1 rings (SSSR count). The van der Waals surface area contributed by atoms with Crippen molar-refractivity contribution in [3.63, 3.8) is 0 Å². The second-order valence-electron chi connectivity index (χ2n) is 2.60. The number of carbonyl (C=O) groups is 1. The number of hydrogen-bond donors (Lipinski definition) is 0. The van der Waals surface area contributed by atoms with Crippen molar-refractivity contribution in [2.45, 2.75) is 25.7 Å². The van der Waals surface area contributed by atoms with Crippen molar-refractivity contribution in [3.05, 3.63) is 24.3 Å². The number of ketones is 1. The molecule has 1 nitrogen and oxygen atoms in total. The Labute approximate surface area is 61.4 Å². The Morgan fingerprint density at radius 2 is 2.40 bits per heavy atom. The Kier molecular flexibility index (Phi) is 2.43. The lowest BCUT2D eigenvalue weighted by molar-refractivity contribution is -0.118. The Bertz CT molecular complexity index is 177. The molecule has 0 aromatic heterocycles. The van der Waals surface area contributed by atoms with Crippen LogP contribution in [-0.4, -0.2) is 5.78 Å². The SMILES string of the molecule is C=CCC1=CCC(=O)CC1. The van der Waals surface area contributed by atoms with E-state index in [0.29, 0.717) is 12.2 Å². The maximum Gasteiger partial charge on any atom is 0.136 e. The van der Waals surface area contributed by atoms with Gasteiger partial charge in [0.25, 0.3) is 0 Å². The lowest BCUT2D eigenvalue weighted by Crippen LogP contribution is -2.02. The zero-order chi connectivity index (χ0) is 7.40. The molecule has 0 aromatic carbocycles. The minimum atomic E-state index is 0.368. The molecule has 0 heterocycles. The molecule has 0 saturated heterocycles. The maximum absolute atomic E-state index is 10.7. The lowest BCUT2D eigenvalue weighted by Gasteiger charge is -2.08. The van der Waals surface area contributed by atoms with Crippen LogP contribution in [0.4, 0.5) is 0 Å². The molecule has 0 spiro atoms. The summed E-state index contributed by atoms with van der Waals surface area (Å²) in [5.41, 5.74) is 1.37. The van der Waals surface area contributed by atoms with Gasteiger partial charge in [-0.3, -0.25) is 4.79 Å². The predicted molar refractivity (Wildman–Crippen MR) is 41.8 cm³/mol. The van der Waals surface area contributed by atoms with E-state index < -0.39 is 0 Å². The molecule has 0 N–H and O–H groups in total. The second kappa shape index (κ2) is 3.35. The van der Waals surface area contributed by atoms with Crippen LogP contribution >= 0.6 is 0 Å². The largest absolute Gasteiger partial charge is 0.299 e. The molecule has 0 amide bonds. The molecule has 0 radical (unpaired) electrons. The van der Waals surface area contributed by atoms with E-state index in [1.54, 1.807) is 0 Å². The molecule has 0 bridgehead atoms. The van der Waals surface area contributed by atoms with Crippen molar-refractivity contribution < 1.29 is 4.79 Å². The van der Waals surface area contributed by atoms with Gasteiger partial charge >= 0.3 is 0 Å². The average Bonchev–Trinajstić information content (AvgIpc) is 1.95. The van der Waals surface area contributed by atoms with Crippen LogP contribution < -0.4 is 0 Å². The molecule has 1 aliphatic carbocycles. The van der Waals surface area contributed by atoms with E-state index in [-0.39, 0.29) is 0 Å². The fourth-order valence-corrected chi connectivity index (χ4v) is 1.13. The molecule has 0 fully saturated rings. The van der Waals surface area contributed by atoms with Crippen molar-refractivity contribution in [3.8, 4) is 0 Å². The van der Waals surface area contributed by atoms with E-state index in [1.807, 2.05) is 12.2 Å². The third kappa shape index (κ3) is 1.83. The van der Waals surface area contributed by atoms with Gasteiger partial charge < -0.3 is 0 Å². The minimum absolute atomic E-state index is 0.368. The van der Waals surface area contributed by atoms with Crippen LogP contribution in [0, 0.1) is 0 Å². The topological polar surface area (TPSA) is 17.1 Å². The number of Topliss-reactive ketones (excluding diaryl/α,β-unsaturated/α-hetero) is 1. The molecule has 0 aliphatic heterocycles. The van der Waals surface area contributed by atoms with Crippen LogP contribution in [-0.2, 0) is 4.79 Å². The van der Waals surface area contributed by atoms with Gasteiger partial charge in [-0.1, -0.05) is 17.7 Å². The van der Waals surface area contributed by atoms with Crippen LogP contribution in [0.25, 0.3) is 0 Å². The number of hydrogen-bond acceptors (Lipinski definition) is 1. The molecule has 0 saturated carbocycles. The standard InChI is InChI=1S/C9H12O/c1-2-3-8-4-6-9(10)7-5-8/h2,4H,1,3,5-7H2. The van der Waals surface area contributed by atoms with Crippen LogP contribution in [0.15, 0.2) is 24.3 Å². The first kappa shape index (κ1) is 7.26. The Balaban J connectivity index is 2.47. The van der Waals surface area contributed by atoms with Gasteiger partial charge in [-0.2, -0.15) is 0 Å². The highest BCUT2D eigenvalue weighted by Crippen LogP contribution is 2.17. The molecule has 54 valence electrons. The number of allylic oxidation sites excluding steroid dienone is 3. The first-order chi connectivity index (χ1) is 4.83. The first-order valence-corrected chi connectivity index (χ1v) is 3.63. The predicted octanol–water partition coefficient (Wildman–Crippen LogP) is 2.24. The Hall–Kier alpha value is -0.850. The van der Waals surface area contributed by atoms with E-state index in [0.717, 1.165) is 19.3 Å². The molecule has 0 unspecified atom stereocenters. The van der Waals surface area contributed by atoms with Crippen molar-refractivity contribution in [2.24, 2.45) is 0 Å². The van der Waals surface area contributed by atoms with Crippen molar-refractivity contribution in [2.75, 3.05) is 0 Å². The van der Waals surface area contributed by atoms with E-state index in [9.17, 15) is 4.79 Å². The summed E-state index contributed by atoms with van der Waals surface area (Å²) in [5.74, 6) is 0.368. The smallest absolute Gasteiger partial charge is 0.136 e. The van der Waals surface area contributed by atoms with Crippen LogP contribution in [0.2, 0.25) is 0 Å². The molecule has 1 heteroatoms. The average molecular weight is 136 g/mol. The summed E-state index contributed by atoms with van der Waals surface area (Å²) < 4.78 is 0. The number of rotatable bonds is 2. The molecular weight excluding hydrogens is 124 g/mol. The summed E-state index contributed by atoms with van der Waals surface area (Å²) in [6.07, 6.45) is 7.20. The van der Waals surface area contributed by atoms with Crippen molar-refractivity contribution in [1.82, 2.24) is 0 Å².